The van der Waals surface area contributed by atoms with Crippen LogP contribution < -0.4 is 10.1 Å². The zero-order chi connectivity index (χ0) is 24.2. The van der Waals surface area contributed by atoms with E-state index >= 15 is 0 Å². The van der Waals surface area contributed by atoms with Crippen LogP contribution in [0, 0.1) is 11.6 Å². The van der Waals surface area contributed by atoms with Gasteiger partial charge in [0.1, 0.15) is 6.61 Å². The van der Waals surface area contributed by atoms with Crippen molar-refractivity contribution in [3.63, 3.8) is 0 Å². The summed E-state index contributed by atoms with van der Waals surface area (Å²) < 4.78 is 50.2. The highest BCUT2D eigenvalue weighted by Gasteiger charge is 2.52. The molecule has 0 aromatic heterocycles. The number of methoxy groups -OCH3 is 1. The maximum absolute atomic E-state index is 14.0. The van der Waals surface area contributed by atoms with Crippen LogP contribution in [0.25, 0.3) is 6.08 Å². The minimum Gasteiger partial charge on any atom is -0.494 e. The summed E-state index contributed by atoms with van der Waals surface area (Å²) in [6.45, 7) is 7.70. The van der Waals surface area contributed by atoms with Crippen LogP contribution in [0.3, 0.4) is 0 Å². The summed E-state index contributed by atoms with van der Waals surface area (Å²) in [6, 6.07) is 11.7. The number of alkyl carbamates (subject to hydrolysis) is 1. The maximum atomic E-state index is 14.0. The molecule has 176 valence electrons. The molecule has 1 saturated heterocycles. The van der Waals surface area contributed by atoms with Gasteiger partial charge in [-0.3, -0.25) is 0 Å². The first-order valence-corrected chi connectivity index (χ1v) is 10.6. The first kappa shape index (κ1) is 24.7. The third kappa shape index (κ3) is 5.91. The van der Waals surface area contributed by atoms with Gasteiger partial charge in [0.05, 0.1) is 18.3 Å². The van der Waals surface area contributed by atoms with E-state index in [1.54, 1.807) is 6.08 Å². The molecule has 0 radical (unpaired) electrons. The van der Waals surface area contributed by atoms with Crippen LogP contribution in [-0.2, 0) is 20.7 Å². The summed E-state index contributed by atoms with van der Waals surface area (Å²) in [5.41, 5.74) is 0.420. The van der Waals surface area contributed by atoms with Crippen LogP contribution in [0.2, 0.25) is 0 Å². The van der Waals surface area contributed by atoms with Crippen LogP contribution in [0.1, 0.15) is 38.8 Å². The molecule has 9 heteroatoms. The van der Waals surface area contributed by atoms with E-state index in [9.17, 15) is 13.6 Å². The number of hydrogen-bond acceptors (Lipinski definition) is 5. The molecule has 1 amide bonds. The van der Waals surface area contributed by atoms with E-state index in [4.69, 9.17) is 18.8 Å². The molecular weight excluding hydrogens is 431 g/mol. The summed E-state index contributed by atoms with van der Waals surface area (Å²) in [4.78, 5) is 12.3. The van der Waals surface area contributed by atoms with Crippen molar-refractivity contribution in [3.05, 3.63) is 70.7 Å². The van der Waals surface area contributed by atoms with Gasteiger partial charge in [-0.1, -0.05) is 36.4 Å². The number of carbonyl (C=O) groups excluding carboxylic acids is 1. The van der Waals surface area contributed by atoms with Gasteiger partial charge in [0.15, 0.2) is 11.6 Å². The molecule has 0 bridgehead atoms. The fourth-order valence-electron chi connectivity index (χ4n) is 3.17. The van der Waals surface area contributed by atoms with Crippen molar-refractivity contribution < 1.29 is 32.4 Å². The van der Waals surface area contributed by atoms with Crippen molar-refractivity contribution in [1.82, 2.24) is 5.32 Å². The van der Waals surface area contributed by atoms with Gasteiger partial charge in [-0.2, -0.15) is 4.39 Å². The van der Waals surface area contributed by atoms with Crippen molar-refractivity contribution >= 4 is 19.3 Å². The number of benzene rings is 2. The Balaban J connectivity index is 1.80. The molecule has 3 rings (SSSR count). The van der Waals surface area contributed by atoms with Crippen molar-refractivity contribution in [2.75, 3.05) is 13.7 Å². The highest BCUT2D eigenvalue weighted by Crippen LogP contribution is 2.39. The lowest BCUT2D eigenvalue weighted by atomic mass is 9.77. The quantitative estimate of drug-likeness (QED) is 0.596. The monoisotopic (exact) mass is 459 g/mol. The van der Waals surface area contributed by atoms with Crippen molar-refractivity contribution in [1.29, 1.82) is 0 Å². The molecule has 1 heterocycles. The van der Waals surface area contributed by atoms with E-state index in [0.717, 1.165) is 11.6 Å². The van der Waals surface area contributed by atoms with Gasteiger partial charge in [0.2, 0.25) is 5.82 Å². The summed E-state index contributed by atoms with van der Waals surface area (Å²) in [5.74, 6) is -2.36. The molecule has 0 spiro atoms. The van der Waals surface area contributed by atoms with Crippen molar-refractivity contribution in [2.45, 2.75) is 45.5 Å². The summed E-state index contributed by atoms with van der Waals surface area (Å²) >= 11 is 0. The Morgan fingerprint density at radius 3 is 2.33 bits per heavy atom. The number of amides is 1. The Bertz CT molecular complexity index is 1010. The summed E-state index contributed by atoms with van der Waals surface area (Å²) in [7, 11) is 0.439. The predicted octanol–water partition coefficient (Wildman–Crippen LogP) is 4.91. The van der Waals surface area contributed by atoms with Gasteiger partial charge in [0, 0.05) is 6.54 Å². The molecule has 1 N–H and O–H groups in total. The molecular formula is C24H28BF2NO5. The number of rotatable bonds is 7. The standard InChI is InChI=1S/C24H28BF2NO5/c1-23(2)24(3,4)33-25(32-23)18(11-17-12-19(26)21(27)20(13-17)30-5)14-28-22(29)31-15-16-9-7-6-8-10-16/h6-13H,14-15H2,1-5H3,(H,28,29). The fraction of sp³-hybridized carbons (Fsp3) is 0.375. The largest absolute Gasteiger partial charge is 0.494 e. The fourth-order valence-corrected chi connectivity index (χ4v) is 3.17. The smallest absolute Gasteiger partial charge is 0.492 e. The molecule has 2 aromatic carbocycles. The van der Waals surface area contributed by atoms with E-state index in [1.165, 1.54) is 13.2 Å². The SMILES string of the molecule is COc1cc(C=C(CNC(=O)OCc2ccccc2)B2OC(C)(C)C(C)(C)O2)cc(F)c1F. The second-order valence-corrected chi connectivity index (χ2v) is 8.74. The van der Waals surface area contributed by atoms with Crippen LogP contribution in [0.15, 0.2) is 47.9 Å². The van der Waals surface area contributed by atoms with E-state index in [-0.39, 0.29) is 18.9 Å². The van der Waals surface area contributed by atoms with E-state index in [2.05, 4.69) is 5.32 Å². The first-order valence-electron chi connectivity index (χ1n) is 10.6. The zero-order valence-electron chi connectivity index (χ0n) is 19.4. The number of hydrogen-bond donors (Lipinski definition) is 1. The topological polar surface area (TPSA) is 66.0 Å². The van der Waals surface area contributed by atoms with Crippen LogP contribution in [0.4, 0.5) is 13.6 Å². The molecule has 2 aromatic rings. The molecule has 1 fully saturated rings. The third-order valence-corrected chi connectivity index (χ3v) is 5.79. The lowest BCUT2D eigenvalue weighted by Crippen LogP contribution is -2.41. The number of carbonyl (C=O) groups is 1. The van der Waals surface area contributed by atoms with Gasteiger partial charge >= 0.3 is 13.2 Å². The highest BCUT2D eigenvalue weighted by molar-refractivity contribution is 6.56. The number of nitrogens with one attached hydrogen (secondary N) is 1. The molecule has 0 unspecified atom stereocenters. The van der Waals surface area contributed by atoms with Crippen LogP contribution in [0.5, 0.6) is 5.75 Å². The number of ether oxygens (including phenoxy) is 2. The number of halogens is 2. The average Bonchev–Trinajstić information content (AvgIpc) is 2.99. The average molecular weight is 459 g/mol. The van der Waals surface area contributed by atoms with E-state index < -0.39 is 36.0 Å². The Labute approximate surface area is 193 Å². The Morgan fingerprint density at radius 2 is 1.73 bits per heavy atom. The van der Waals surface area contributed by atoms with Crippen LogP contribution >= 0.6 is 0 Å². The molecule has 1 aliphatic rings. The van der Waals surface area contributed by atoms with Gasteiger partial charge in [-0.15, -0.1) is 0 Å². The van der Waals surface area contributed by atoms with Crippen LogP contribution in [-0.4, -0.2) is 38.1 Å². The lowest BCUT2D eigenvalue weighted by Gasteiger charge is -2.32. The summed E-state index contributed by atoms with van der Waals surface area (Å²) in [6.07, 6.45) is 0.939. The predicted molar refractivity (Wildman–Crippen MR) is 122 cm³/mol. The lowest BCUT2D eigenvalue weighted by molar-refractivity contribution is 0.00578. The second kappa shape index (κ2) is 9.93. The first-order chi connectivity index (χ1) is 15.5. The Hall–Kier alpha value is -2.91. The zero-order valence-corrected chi connectivity index (χ0v) is 19.4. The third-order valence-electron chi connectivity index (χ3n) is 5.79. The van der Waals surface area contributed by atoms with Gasteiger partial charge < -0.3 is 24.1 Å². The normalized spacial score (nSPS) is 17.1. The van der Waals surface area contributed by atoms with E-state index in [0.29, 0.717) is 11.0 Å². The molecule has 6 nitrogen and oxygen atoms in total. The minimum atomic E-state index is -1.07. The van der Waals surface area contributed by atoms with Gasteiger partial charge in [-0.05, 0) is 56.4 Å². The molecule has 0 aliphatic carbocycles. The summed E-state index contributed by atoms with van der Waals surface area (Å²) in [5, 5.41) is 2.67. The second-order valence-electron chi connectivity index (χ2n) is 8.74. The van der Waals surface area contributed by atoms with E-state index in [1.807, 2.05) is 58.0 Å². The van der Waals surface area contributed by atoms with Crippen molar-refractivity contribution in [3.8, 4) is 5.75 Å². The molecule has 1 aliphatic heterocycles. The maximum Gasteiger partial charge on any atom is 0.492 e. The molecule has 0 saturated carbocycles. The molecule has 0 atom stereocenters. The highest BCUT2D eigenvalue weighted by atomic mass is 19.2. The Kier molecular flexibility index (Phi) is 7.44. The minimum absolute atomic E-state index is 0.00571. The van der Waals surface area contributed by atoms with Gasteiger partial charge in [0.25, 0.3) is 0 Å². The Morgan fingerprint density at radius 1 is 1.09 bits per heavy atom. The van der Waals surface area contributed by atoms with Crippen molar-refractivity contribution in [2.24, 2.45) is 0 Å². The molecule has 33 heavy (non-hydrogen) atoms. The van der Waals surface area contributed by atoms with Gasteiger partial charge in [-0.25, -0.2) is 9.18 Å².